The summed E-state index contributed by atoms with van der Waals surface area (Å²) in [6, 6.07) is -4.01. The van der Waals surface area contributed by atoms with E-state index in [0.29, 0.717) is 0 Å². The van der Waals surface area contributed by atoms with Crippen molar-refractivity contribution in [3.05, 3.63) is 0 Å². The lowest BCUT2D eigenvalue weighted by atomic mass is 10.9. The topological polar surface area (TPSA) is 51.2 Å². The first kappa shape index (κ1) is 13.5. The fourth-order valence-corrected chi connectivity index (χ4v) is 2.81. The highest BCUT2D eigenvalue weighted by molar-refractivity contribution is 8.50. The van der Waals surface area contributed by atoms with Crippen LogP contribution in [0.1, 0.15) is 0 Å². The largest absolute Gasteiger partial charge is 0.341 e. The molecule has 14 heavy (non-hydrogen) atoms. The standard InChI is InChI=1S/C2HF7O3S2/c3-1(10)2(13(4,11)12)14(5,6,7,8)9/h2H. The summed E-state index contributed by atoms with van der Waals surface area (Å²) >= 11 is 0. The zero-order chi connectivity index (χ0) is 12.1. The second-order valence-corrected chi connectivity index (χ2v) is 6.39. The first-order valence-corrected chi connectivity index (χ1v) is 5.87. The molecule has 0 heterocycles. The summed E-state index contributed by atoms with van der Waals surface area (Å²) in [5, 5.41) is 0. The number of rotatable bonds is 3. The van der Waals surface area contributed by atoms with Crippen molar-refractivity contribution >= 4 is 26.5 Å². The lowest BCUT2D eigenvalue weighted by molar-refractivity contribution is -0.127. The zero-order valence-electron chi connectivity index (χ0n) is 5.76. The lowest BCUT2D eigenvalue weighted by Crippen LogP contribution is -2.36. The molecule has 0 amide bonds. The zero-order valence-corrected chi connectivity index (χ0v) is 7.40. The average molecular weight is 270 g/mol. The lowest BCUT2D eigenvalue weighted by Gasteiger charge is -2.42. The highest BCUT2D eigenvalue weighted by atomic mass is 32.5. The van der Waals surface area contributed by atoms with Crippen LogP contribution in [0.2, 0.25) is 0 Å². The molecule has 0 aliphatic rings. The minimum absolute atomic E-state index is 4.01. The van der Waals surface area contributed by atoms with E-state index in [2.05, 4.69) is 0 Å². The molecule has 1 atom stereocenters. The molecule has 0 saturated heterocycles. The molecule has 0 fully saturated rings. The van der Waals surface area contributed by atoms with E-state index in [9.17, 15) is 40.9 Å². The van der Waals surface area contributed by atoms with Gasteiger partial charge in [0.1, 0.15) is 0 Å². The van der Waals surface area contributed by atoms with Gasteiger partial charge in [-0.3, -0.25) is 4.79 Å². The molecule has 0 N–H and O–H groups in total. The molecule has 0 saturated carbocycles. The number of carbonyl (C=O) groups is 1. The van der Waals surface area contributed by atoms with Gasteiger partial charge in [0, 0.05) is 0 Å². The van der Waals surface area contributed by atoms with Crippen LogP contribution in [-0.4, -0.2) is 19.0 Å². The molecule has 0 rings (SSSR count). The highest BCUT2D eigenvalue weighted by Gasteiger charge is 2.78. The van der Waals surface area contributed by atoms with Crippen molar-refractivity contribution < 1.29 is 40.9 Å². The van der Waals surface area contributed by atoms with Crippen molar-refractivity contribution in [3.63, 3.8) is 0 Å². The molecule has 0 bridgehead atoms. The van der Waals surface area contributed by atoms with Crippen LogP contribution in [0, 0.1) is 0 Å². The molecule has 0 radical (unpaired) electrons. The Morgan fingerprint density at radius 1 is 1.07 bits per heavy atom. The molecule has 0 aromatic rings. The number of carbonyl (C=O) groups excluding carboxylic acids is 1. The average Bonchev–Trinajstić information content (AvgIpc) is 1.43. The summed E-state index contributed by atoms with van der Waals surface area (Å²) < 4.78 is 94.3. The number of halogens is 7. The van der Waals surface area contributed by atoms with Crippen molar-refractivity contribution in [1.82, 2.24) is 0 Å². The molecule has 0 spiro atoms. The van der Waals surface area contributed by atoms with E-state index < -0.39 is 31.1 Å². The quantitative estimate of drug-likeness (QED) is 0.584. The van der Waals surface area contributed by atoms with Gasteiger partial charge in [0.05, 0.1) is 0 Å². The molecule has 0 aliphatic heterocycles. The maximum atomic E-state index is 11.6. The Hall–Kier alpha value is -0.520. The maximum absolute atomic E-state index is 11.6. The summed E-state index contributed by atoms with van der Waals surface area (Å²) in [6.45, 7) is 0. The van der Waals surface area contributed by atoms with Crippen LogP contribution in [0.25, 0.3) is 0 Å². The third-order valence-corrected chi connectivity index (χ3v) is 4.32. The molecular weight excluding hydrogens is 269 g/mol. The van der Waals surface area contributed by atoms with Crippen molar-refractivity contribution in [3.8, 4) is 0 Å². The van der Waals surface area contributed by atoms with Gasteiger partial charge in [0.25, 0.3) is 0 Å². The number of hydrogen-bond acceptors (Lipinski definition) is 3. The summed E-state index contributed by atoms with van der Waals surface area (Å²) in [5.41, 5.74) is 0. The van der Waals surface area contributed by atoms with Gasteiger partial charge < -0.3 is 0 Å². The Labute approximate surface area is 72.8 Å². The van der Waals surface area contributed by atoms with Crippen molar-refractivity contribution in [2.75, 3.05) is 0 Å². The van der Waals surface area contributed by atoms with Gasteiger partial charge in [-0.15, -0.1) is 3.89 Å². The summed E-state index contributed by atoms with van der Waals surface area (Å²) in [4.78, 5) is 9.39. The second-order valence-electron chi connectivity index (χ2n) is 2.14. The monoisotopic (exact) mass is 270 g/mol. The van der Waals surface area contributed by atoms with E-state index in [1.807, 2.05) is 0 Å². The molecule has 0 aromatic heterocycles. The summed E-state index contributed by atoms with van der Waals surface area (Å²) in [7, 11) is -18.2. The first-order valence-electron chi connectivity index (χ1n) is 2.41. The first-order chi connectivity index (χ1) is 5.55. The molecular formula is C2HF7O3S2. The van der Waals surface area contributed by atoms with Crippen molar-refractivity contribution in [2.24, 2.45) is 0 Å². The predicted molar refractivity (Wildman–Crippen MR) is 33.1 cm³/mol. The van der Waals surface area contributed by atoms with Crippen LogP contribution in [-0.2, 0) is 15.0 Å². The van der Waals surface area contributed by atoms with E-state index >= 15 is 0 Å². The van der Waals surface area contributed by atoms with Gasteiger partial charge >= 0.3 is 31.1 Å². The van der Waals surface area contributed by atoms with Crippen LogP contribution in [0.4, 0.5) is 27.7 Å². The maximum Gasteiger partial charge on any atom is 0.341 e. The minimum Gasteiger partial charge on any atom is -0.258 e. The van der Waals surface area contributed by atoms with E-state index in [1.165, 1.54) is 0 Å². The molecule has 0 aliphatic carbocycles. The van der Waals surface area contributed by atoms with Gasteiger partial charge in [-0.05, 0) is 0 Å². The van der Waals surface area contributed by atoms with E-state index in [0.717, 1.165) is 0 Å². The predicted octanol–water partition coefficient (Wildman–Crippen LogP) is 2.41. The van der Waals surface area contributed by atoms with Crippen molar-refractivity contribution in [1.29, 1.82) is 0 Å². The van der Waals surface area contributed by atoms with Gasteiger partial charge in [-0.2, -0.15) is 12.8 Å². The molecule has 12 heteroatoms. The second kappa shape index (κ2) is 2.35. The van der Waals surface area contributed by atoms with Crippen molar-refractivity contribution in [2.45, 2.75) is 4.58 Å². The minimum atomic E-state index is -11.1. The van der Waals surface area contributed by atoms with E-state index in [-0.39, 0.29) is 0 Å². The van der Waals surface area contributed by atoms with Crippen LogP contribution in [0.5, 0.6) is 0 Å². The summed E-state index contributed by atoms with van der Waals surface area (Å²) in [5.74, 6) is 0. The fraction of sp³-hybridized carbons (Fsp3) is 0.500. The third-order valence-electron chi connectivity index (χ3n) is 0.846. The molecule has 3 nitrogen and oxygen atoms in total. The fourth-order valence-electron chi connectivity index (χ4n) is 0.503. The molecule has 0 aromatic carbocycles. The Balaban J connectivity index is 5.90. The highest BCUT2D eigenvalue weighted by Crippen LogP contribution is 3.01. The van der Waals surface area contributed by atoms with Gasteiger partial charge in [0.2, 0.25) is 0 Å². The Kier molecular flexibility index (Phi) is 2.26. The Morgan fingerprint density at radius 2 is 1.36 bits per heavy atom. The summed E-state index contributed by atoms with van der Waals surface area (Å²) in [6.07, 6.45) is 0. The normalized spacial score (nSPS) is 20.8. The number of hydrogen-bond donors (Lipinski definition) is 0. The van der Waals surface area contributed by atoms with Gasteiger partial charge in [0.15, 0.2) is 0 Å². The van der Waals surface area contributed by atoms with Crippen LogP contribution >= 0.6 is 10.2 Å². The van der Waals surface area contributed by atoms with Crippen LogP contribution in [0.15, 0.2) is 0 Å². The Morgan fingerprint density at radius 3 is 1.36 bits per heavy atom. The van der Waals surface area contributed by atoms with Gasteiger partial charge in [-0.25, -0.2) is 0 Å². The third kappa shape index (κ3) is 3.32. The smallest absolute Gasteiger partial charge is 0.258 e. The van der Waals surface area contributed by atoms with Gasteiger partial charge in [-0.1, -0.05) is 19.4 Å². The SMILES string of the molecule is O=C(F)C(S(=O)(=O)F)S(F)(F)(F)(F)F. The van der Waals surface area contributed by atoms with Crippen LogP contribution < -0.4 is 0 Å². The van der Waals surface area contributed by atoms with E-state index in [4.69, 9.17) is 0 Å². The van der Waals surface area contributed by atoms with Crippen LogP contribution in [0.3, 0.4) is 0 Å². The van der Waals surface area contributed by atoms with E-state index in [1.54, 1.807) is 0 Å². The molecule has 88 valence electrons. The molecule has 1 unspecified atom stereocenters. The Bertz CT molecular complexity index is 362.